The lowest BCUT2D eigenvalue weighted by Gasteiger charge is -2.44. The fraction of sp³-hybridized carbons (Fsp3) is 0.700. The number of piperidine rings is 1. The standard InChI is InChI=1S/C20H34N4O2S/c1-3-16(14-25)24(22)13-15(21)12-23-8-6-20(7-9-23)18-11-17(4-2)27-19(18)5-10-26-20/h11,13,16,25H,3-10,12,14,21-22H2,1-2H3/b15-13-. The fourth-order valence-corrected chi connectivity index (χ4v) is 5.34. The van der Waals surface area contributed by atoms with E-state index in [4.69, 9.17) is 16.3 Å². The highest BCUT2D eigenvalue weighted by molar-refractivity contribution is 7.12. The molecule has 1 aromatic heterocycles. The summed E-state index contributed by atoms with van der Waals surface area (Å²) in [6, 6.07) is 2.29. The zero-order chi connectivity index (χ0) is 19.4. The number of thiophene rings is 1. The molecule has 1 aromatic rings. The number of fused-ring (bicyclic) bond motifs is 2. The van der Waals surface area contributed by atoms with Crippen LogP contribution in [-0.2, 0) is 23.2 Å². The lowest BCUT2D eigenvalue weighted by molar-refractivity contribution is -0.0961. The largest absolute Gasteiger partial charge is 0.400 e. The number of aliphatic hydroxyl groups excluding tert-OH is 1. The Labute approximate surface area is 166 Å². The molecule has 1 unspecified atom stereocenters. The molecule has 1 atom stereocenters. The summed E-state index contributed by atoms with van der Waals surface area (Å²) >= 11 is 1.97. The Balaban J connectivity index is 1.60. The quantitative estimate of drug-likeness (QED) is 0.484. The van der Waals surface area contributed by atoms with E-state index in [2.05, 4.69) is 17.9 Å². The Kier molecular flexibility index (Phi) is 6.81. The van der Waals surface area contributed by atoms with Gasteiger partial charge in [-0.25, -0.2) is 5.84 Å². The van der Waals surface area contributed by atoms with Crippen LogP contribution < -0.4 is 11.6 Å². The van der Waals surface area contributed by atoms with Crippen LogP contribution in [0.3, 0.4) is 0 Å². The molecule has 1 saturated heterocycles. The number of nitrogens with zero attached hydrogens (tertiary/aromatic N) is 2. The summed E-state index contributed by atoms with van der Waals surface area (Å²) in [6.07, 6.45) is 6.71. The second-order valence-electron chi connectivity index (χ2n) is 7.67. The molecule has 0 saturated carbocycles. The van der Waals surface area contributed by atoms with Gasteiger partial charge in [0.2, 0.25) is 0 Å². The molecule has 0 radical (unpaired) electrons. The molecule has 1 fully saturated rings. The van der Waals surface area contributed by atoms with Crippen LogP contribution in [-0.4, -0.2) is 53.9 Å². The van der Waals surface area contributed by atoms with Crippen LogP contribution in [0.1, 0.15) is 48.4 Å². The van der Waals surface area contributed by atoms with Crippen molar-refractivity contribution >= 4 is 11.3 Å². The predicted molar refractivity (Wildman–Crippen MR) is 110 cm³/mol. The number of hydrogen-bond acceptors (Lipinski definition) is 7. The van der Waals surface area contributed by atoms with Crippen LogP contribution in [0.5, 0.6) is 0 Å². The van der Waals surface area contributed by atoms with E-state index in [9.17, 15) is 5.11 Å². The van der Waals surface area contributed by atoms with Crippen molar-refractivity contribution < 1.29 is 9.84 Å². The van der Waals surface area contributed by atoms with Crippen molar-refractivity contribution in [1.82, 2.24) is 9.91 Å². The number of hydrazine groups is 1. The van der Waals surface area contributed by atoms with Crippen molar-refractivity contribution in [3.63, 3.8) is 0 Å². The maximum Gasteiger partial charge on any atom is 0.0966 e. The number of hydrogen-bond donors (Lipinski definition) is 3. The highest BCUT2D eigenvalue weighted by Gasteiger charge is 2.41. The molecule has 2 aliphatic rings. The maximum atomic E-state index is 9.36. The van der Waals surface area contributed by atoms with Gasteiger partial charge in [0.15, 0.2) is 0 Å². The first-order valence-electron chi connectivity index (χ1n) is 10.1. The van der Waals surface area contributed by atoms with Gasteiger partial charge in [0.1, 0.15) is 0 Å². The van der Waals surface area contributed by atoms with E-state index < -0.39 is 0 Å². The van der Waals surface area contributed by atoms with Gasteiger partial charge in [0.25, 0.3) is 0 Å². The van der Waals surface area contributed by atoms with Gasteiger partial charge < -0.3 is 20.6 Å². The van der Waals surface area contributed by atoms with E-state index >= 15 is 0 Å². The summed E-state index contributed by atoms with van der Waals surface area (Å²) < 4.78 is 6.35. The summed E-state index contributed by atoms with van der Waals surface area (Å²) in [5.41, 5.74) is 8.28. The van der Waals surface area contributed by atoms with Crippen molar-refractivity contribution in [2.75, 3.05) is 32.8 Å². The minimum absolute atomic E-state index is 0.0308. The van der Waals surface area contributed by atoms with Crippen LogP contribution in [0.15, 0.2) is 18.0 Å². The zero-order valence-corrected chi connectivity index (χ0v) is 17.4. The van der Waals surface area contributed by atoms with Gasteiger partial charge in [0.05, 0.1) is 24.9 Å². The average Bonchev–Trinajstić information content (AvgIpc) is 3.10. The molecule has 7 heteroatoms. The number of rotatable bonds is 7. The molecule has 6 nitrogen and oxygen atoms in total. The molecular formula is C20H34N4O2S. The molecule has 0 aliphatic carbocycles. The van der Waals surface area contributed by atoms with E-state index in [-0.39, 0.29) is 18.2 Å². The van der Waals surface area contributed by atoms with Crippen molar-refractivity contribution in [1.29, 1.82) is 0 Å². The third kappa shape index (κ3) is 4.49. The Morgan fingerprint density at radius 1 is 1.44 bits per heavy atom. The Morgan fingerprint density at radius 2 is 2.19 bits per heavy atom. The Morgan fingerprint density at radius 3 is 2.81 bits per heavy atom. The van der Waals surface area contributed by atoms with Gasteiger partial charge in [-0.2, -0.15) is 0 Å². The highest BCUT2D eigenvalue weighted by atomic mass is 32.1. The second kappa shape index (κ2) is 8.92. The summed E-state index contributed by atoms with van der Waals surface area (Å²) in [5, 5.41) is 10.9. The maximum absolute atomic E-state index is 9.36. The van der Waals surface area contributed by atoms with Gasteiger partial charge in [-0.3, -0.25) is 4.90 Å². The van der Waals surface area contributed by atoms with E-state index in [0.29, 0.717) is 6.54 Å². The molecule has 2 aliphatic heterocycles. The summed E-state index contributed by atoms with van der Waals surface area (Å²) in [4.78, 5) is 5.37. The van der Waals surface area contributed by atoms with Crippen LogP contribution in [0.2, 0.25) is 0 Å². The molecule has 27 heavy (non-hydrogen) atoms. The second-order valence-corrected chi connectivity index (χ2v) is 8.89. The third-order valence-corrected chi connectivity index (χ3v) is 7.23. The molecule has 152 valence electrons. The van der Waals surface area contributed by atoms with Crippen LogP contribution in [0.25, 0.3) is 0 Å². The molecule has 1 spiro atoms. The zero-order valence-electron chi connectivity index (χ0n) is 16.6. The van der Waals surface area contributed by atoms with E-state index in [0.717, 1.165) is 57.5 Å². The molecule has 3 rings (SSSR count). The van der Waals surface area contributed by atoms with Gasteiger partial charge >= 0.3 is 0 Å². The van der Waals surface area contributed by atoms with E-state index in [1.54, 1.807) is 6.20 Å². The molecular weight excluding hydrogens is 360 g/mol. The van der Waals surface area contributed by atoms with E-state index in [1.807, 2.05) is 18.3 Å². The normalized spacial score (nSPS) is 21.3. The molecule has 5 N–H and O–H groups in total. The molecule has 0 amide bonds. The third-order valence-electron chi connectivity index (χ3n) is 5.90. The average molecular weight is 395 g/mol. The monoisotopic (exact) mass is 394 g/mol. The van der Waals surface area contributed by atoms with Gasteiger partial charge in [-0.05, 0) is 37.3 Å². The first-order valence-corrected chi connectivity index (χ1v) is 10.9. The molecule has 0 bridgehead atoms. The number of ether oxygens (including phenoxy) is 1. The number of aryl methyl sites for hydroxylation is 1. The number of nitrogens with two attached hydrogens (primary N) is 2. The Bertz CT molecular complexity index is 648. The molecule has 0 aromatic carbocycles. The van der Waals surface area contributed by atoms with Crippen molar-refractivity contribution in [2.45, 2.75) is 57.6 Å². The topological polar surface area (TPSA) is 88.0 Å². The first-order chi connectivity index (χ1) is 13.0. The lowest BCUT2D eigenvalue weighted by Crippen LogP contribution is -2.47. The van der Waals surface area contributed by atoms with Gasteiger partial charge in [-0.1, -0.05) is 13.8 Å². The van der Waals surface area contributed by atoms with Crippen LogP contribution in [0, 0.1) is 0 Å². The lowest BCUT2D eigenvalue weighted by atomic mass is 9.82. The summed E-state index contributed by atoms with van der Waals surface area (Å²) in [6.45, 7) is 7.72. The van der Waals surface area contributed by atoms with Crippen molar-refractivity contribution in [2.24, 2.45) is 11.6 Å². The minimum atomic E-state index is -0.101. The van der Waals surface area contributed by atoms with Gasteiger partial charge in [-0.15, -0.1) is 11.3 Å². The van der Waals surface area contributed by atoms with Crippen LogP contribution >= 0.6 is 11.3 Å². The summed E-state index contributed by atoms with van der Waals surface area (Å²) in [7, 11) is 0. The molecule has 3 heterocycles. The van der Waals surface area contributed by atoms with Crippen LogP contribution in [0.4, 0.5) is 0 Å². The van der Waals surface area contributed by atoms with Gasteiger partial charge in [0, 0.05) is 47.7 Å². The SMILES string of the molecule is CCc1cc2c(s1)CCOC21CCN(C/C(N)=C/N(N)C(CC)CO)CC1. The number of aliphatic hydroxyl groups is 1. The van der Waals surface area contributed by atoms with Crippen molar-refractivity contribution in [3.8, 4) is 0 Å². The smallest absolute Gasteiger partial charge is 0.0966 e. The van der Waals surface area contributed by atoms with E-state index in [1.165, 1.54) is 20.3 Å². The number of likely N-dealkylation sites (tertiary alicyclic amines) is 1. The fourth-order valence-electron chi connectivity index (χ4n) is 4.16. The predicted octanol–water partition coefficient (Wildman–Crippen LogP) is 1.92. The minimum Gasteiger partial charge on any atom is -0.400 e. The first kappa shape index (κ1) is 20.6. The Hall–Kier alpha value is -1.12. The highest BCUT2D eigenvalue weighted by Crippen LogP contribution is 2.44. The van der Waals surface area contributed by atoms with Crippen molar-refractivity contribution in [3.05, 3.63) is 33.3 Å². The summed E-state index contributed by atoms with van der Waals surface area (Å²) in [5.74, 6) is 6.00.